The Morgan fingerprint density at radius 2 is 2.00 bits per heavy atom. The van der Waals surface area contributed by atoms with Crippen molar-refractivity contribution in [2.75, 3.05) is 6.54 Å². The van der Waals surface area contributed by atoms with Gasteiger partial charge < -0.3 is 5.73 Å². The van der Waals surface area contributed by atoms with Crippen LogP contribution in [0, 0.1) is 11.7 Å². The van der Waals surface area contributed by atoms with Gasteiger partial charge >= 0.3 is 0 Å². The summed E-state index contributed by atoms with van der Waals surface area (Å²) >= 11 is 3.10. The molecule has 0 amide bonds. The zero-order chi connectivity index (χ0) is 15.6. The summed E-state index contributed by atoms with van der Waals surface area (Å²) in [6, 6.07) is 3.84. The molecule has 0 spiro atoms. The maximum absolute atomic E-state index is 13.8. The Bertz CT molecular complexity index is 584. The molecule has 21 heavy (non-hydrogen) atoms. The van der Waals surface area contributed by atoms with E-state index in [1.165, 1.54) is 12.1 Å². The van der Waals surface area contributed by atoms with Crippen molar-refractivity contribution in [1.29, 1.82) is 0 Å². The Labute approximate surface area is 140 Å². The summed E-state index contributed by atoms with van der Waals surface area (Å²) in [6.07, 6.45) is 0.570. The molecule has 0 aliphatic rings. The van der Waals surface area contributed by atoms with E-state index in [1.807, 2.05) is 13.8 Å². The van der Waals surface area contributed by atoms with E-state index in [4.69, 9.17) is 5.73 Å². The first kappa shape index (κ1) is 20.8. The fraction of sp³-hybridized carbons (Fsp3) is 0.538. The summed E-state index contributed by atoms with van der Waals surface area (Å²) in [7, 11) is -3.95. The monoisotopic (exact) mass is 402 g/mol. The predicted molar refractivity (Wildman–Crippen MR) is 88.6 cm³/mol. The highest BCUT2D eigenvalue weighted by atomic mass is 79.9. The minimum atomic E-state index is -3.95. The number of benzene rings is 1. The molecule has 0 fully saturated rings. The molecule has 8 heteroatoms. The Morgan fingerprint density at radius 1 is 1.43 bits per heavy atom. The van der Waals surface area contributed by atoms with Gasteiger partial charge in [0, 0.05) is 16.6 Å². The van der Waals surface area contributed by atoms with Gasteiger partial charge in [-0.1, -0.05) is 29.8 Å². The van der Waals surface area contributed by atoms with Crippen LogP contribution in [0.1, 0.15) is 27.2 Å². The molecule has 0 radical (unpaired) electrons. The van der Waals surface area contributed by atoms with E-state index in [9.17, 15) is 12.8 Å². The first-order chi connectivity index (χ1) is 9.09. The lowest BCUT2D eigenvalue weighted by Crippen LogP contribution is -2.52. The predicted octanol–water partition coefficient (Wildman–Crippen LogP) is 3.05. The fourth-order valence-electron chi connectivity index (χ4n) is 2.14. The van der Waals surface area contributed by atoms with Crippen molar-refractivity contribution in [3.8, 4) is 0 Å². The number of nitrogens with one attached hydrogen (secondary N) is 1. The Morgan fingerprint density at radius 3 is 2.43 bits per heavy atom. The summed E-state index contributed by atoms with van der Waals surface area (Å²) in [6.45, 7) is 5.81. The van der Waals surface area contributed by atoms with E-state index in [-0.39, 0.29) is 29.8 Å². The van der Waals surface area contributed by atoms with Crippen LogP contribution >= 0.6 is 28.3 Å². The first-order valence-corrected chi connectivity index (χ1v) is 8.56. The van der Waals surface area contributed by atoms with Crippen molar-refractivity contribution < 1.29 is 12.8 Å². The average molecular weight is 404 g/mol. The third-order valence-corrected chi connectivity index (χ3v) is 5.04. The van der Waals surface area contributed by atoms with Crippen molar-refractivity contribution in [2.24, 2.45) is 11.7 Å². The van der Waals surface area contributed by atoms with Crippen molar-refractivity contribution in [3.05, 3.63) is 28.5 Å². The van der Waals surface area contributed by atoms with E-state index in [0.717, 1.165) is 6.07 Å². The molecule has 0 saturated heterocycles. The number of hydrogen-bond acceptors (Lipinski definition) is 3. The van der Waals surface area contributed by atoms with Crippen molar-refractivity contribution in [1.82, 2.24) is 4.72 Å². The zero-order valence-electron chi connectivity index (χ0n) is 12.2. The van der Waals surface area contributed by atoms with E-state index in [0.29, 0.717) is 10.9 Å². The van der Waals surface area contributed by atoms with E-state index in [1.54, 1.807) is 6.92 Å². The fourth-order valence-corrected chi connectivity index (χ4v) is 3.96. The smallest absolute Gasteiger partial charge is 0.244 e. The maximum atomic E-state index is 13.8. The number of hydrogen-bond donors (Lipinski definition) is 2. The molecule has 0 aliphatic heterocycles. The molecule has 0 heterocycles. The third kappa shape index (κ3) is 5.83. The first-order valence-electron chi connectivity index (χ1n) is 6.29. The van der Waals surface area contributed by atoms with Gasteiger partial charge in [-0.3, -0.25) is 0 Å². The number of halogens is 3. The lowest BCUT2D eigenvalue weighted by atomic mass is 9.92. The third-order valence-electron chi connectivity index (χ3n) is 2.87. The highest BCUT2D eigenvalue weighted by Crippen LogP contribution is 2.23. The molecule has 0 aromatic heterocycles. The summed E-state index contributed by atoms with van der Waals surface area (Å²) < 4.78 is 41.4. The molecule has 1 atom stereocenters. The van der Waals surface area contributed by atoms with Crippen molar-refractivity contribution in [3.63, 3.8) is 0 Å². The molecular formula is C13H21BrClFN2O2S. The van der Waals surface area contributed by atoms with Crippen LogP contribution in [-0.4, -0.2) is 20.5 Å². The Balaban J connectivity index is 0.00000400. The summed E-state index contributed by atoms with van der Waals surface area (Å²) in [5.74, 6) is -0.531. The van der Waals surface area contributed by atoms with Gasteiger partial charge in [-0.15, -0.1) is 12.4 Å². The van der Waals surface area contributed by atoms with Gasteiger partial charge in [0.05, 0.1) is 0 Å². The normalized spacial score (nSPS) is 14.6. The van der Waals surface area contributed by atoms with Crippen LogP contribution in [0.5, 0.6) is 0 Å². The molecule has 1 aromatic carbocycles. The van der Waals surface area contributed by atoms with Gasteiger partial charge in [0.15, 0.2) is 0 Å². The highest BCUT2D eigenvalue weighted by molar-refractivity contribution is 9.10. The van der Waals surface area contributed by atoms with E-state index in [2.05, 4.69) is 20.7 Å². The quantitative estimate of drug-likeness (QED) is 0.767. The largest absolute Gasteiger partial charge is 0.329 e. The zero-order valence-corrected chi connectivity index (χ0v) is 15.4. The minimum absolute atomic E-state index is 0. The molecule has 4 nitrogen and oxygen atoms in total. The summed E-state index contributed by atoms with van der Waals surface area (Å²) in [5, 5.41) is 0. The Kier molecular flexibility index (Phi) is 7.79. The lowest BCUT2D eigenvalue weighted by molar-refractivity contribution is 0.344. The van der Waals surface area contributed by atoms with Crippen molar-refractivity contribution in [2.45, 2.75) is 37.6 Å². The van der Waals surface area contributed by atoms with Crippen LogP contribution in [0.4, 0.5) is 4.39 Å². The minimum Gasteiger partial charge on any atom is -0.329 e. The van der Waals surface area contributed by atoms with Gasteiger partial charge in [-0.2, -0.15) is 0 Å². The standard InChI is InChI=1S/C13H20BrFN2O2S.ClH/c1-9(2)7-13(3,8-16)17-20(18,19)12-5-4-10(14)6-11(12)15;/h4-6,9,17H,7-8,16H2,1-3H3;1H. The van der Waals surface area contributed by atoms with Gasteiger partial charge in [-0.05, 0) is 37.5 Å². The van der Waals surface area contributed by atoms with Gasteiger partial charge in [-0.25, -0.2) is 17.5 Å². The van der Waals surface area contributed by atoms with Crippen molar-refractivity contribution >= 4 is 38.4 Å². The highest BCUT2D eigenvalue weighted by Gasteiger charge is 2.31. The van der Waals surface area contributed by atoms with E-state index >= 15 is 0 Å². The molecule has 3 N–H and O–H groups in total. The molecule has 0 saturated carbocycles. The lowest BCUT2D eigenvalue weighted by Gasteiger charge is -2.30. The SMILES string of the molecule is CC(C)CC(C)(CN)NS(=O)(=O)c1ccc(Br)cc1F.Cl. The van der Waals surface area contributed by atoms with Crippen LogP contribution in [0.25, 0.3) is 0 Å². The second kappa shape index (κ2) is 7.87. The summed E-state index contributed by atoms with van der Waals surface area (Å²) in [5.41, 5.74) is 4.88. The van der Waals surface area contributed by atoms with Gasteiger partial charge in [0.1, 0.15) is 10.7 Å². The molecule has 1 rings (SSSR count). The molecule has 122 valence electrons. The molecular weight excluding hydrogens is 383 g/mol. The number of sulfonamides is 1. The Hall–Kier alpha value is -0.210. The molecule has 0 aliphatic carbocycles. The summed E-state index contributed by atoms with van der Waals surface area (Å²) in [4.78, 5) is -0.371. The van der Waals surface area contributed by atoms with Crippen LogP contribution in [0.15, 0.2) is 27.6 Å². The second-order valence-corrected chi connectivity index (χ2v) is 8.11. The van der Waals surface area contributed by atoms with E-state index < -0.39 is 21.4 Å². The van der Waals surface area contributed by atoms with Gasteiger partial charge in [0.25, 0.3) is 0 Å². The number of rotatable bonds is 6. The molecule has 1 unspecified atom stereocenters. The van der Waals surface area contributed by atoms with Crippen LogP contribution in [0.2, 0.25) is 0 Å². The topological polar surface area (TPSA) is 72.2 Å². The number of nitrogens with two attached hydrogens (primary N) is 1. The van der Waals surface area contributed by atoms with Gasteiger partial charge in [0.2, 0.25) is 10.0 Å². The van der Waals surface area contributed by atoms with Crippen LogP contribution < -0.4 is 10.5 Å². The average Bonchev–Trinajstić information content (AvgIpc) is 2.26. The van der Waals surface area contributed by atoms with Crippen LogP contribution in [-0.2, 0) is 10.0 Å². The maximum Gasteiger partial charge on any atom is 0.244 e. The molecule has 1 aromatic rings. The van der Waals surface area contributed by atoms with Crippen LogP contribution in [0.3, 0.4) is 0 Å². The molecule has 0 bridgehead atoms. The second-order valence-electron chi connectivity index (χ2n) is 5.54.